The van der Waals surface area contributed by atoms with Crippen molar-refractivity contribution < 1.29 is 4.79 Å². The van der Waals surface area contributed by atoms with Crippen molar-refractivity contribution in [1.29, 1.82) is 0 Å². The summed E-state index contributed by atoms with van der Waals surface area (Å²) in [5.41, 5.74) is 8.90. The second kappa shape index (κ2) is 10.2. The van der Waals surface area contributed by atoms with Gasteiger partial charge in [-0.15, -0.1) is 0 Å². The Morgan fingerprint density at radius 2 is 1.82 bits per heavy atom. The zero-order valence-corrected chi connectivity index (χ0v) is 16.8. The topological polar surface area (TPSA) is 70.4 Å². The van der Waals surface area contributed by atoms with Crippen molar-refractivity contribution in [2.24, 2.45) is 5.92 Å². The SMILES string of the molecule is CC1CCN(CCCNCc2ccc(C(=O)Nc3ccccc3N)cc2)CC1. The van der Waals surface area contributed by atoms with Gasteiger partial charge in [0, 0.05) is 12.1 Å². The molecule has 28 heavy (non-hydrogen) atoms. The average molecular weight is 381 g/mol. The van der Waals surface area contributed by atoms with Gasteiger partial charge in [-0.25, -0.2) is 0 Å². The molecule has 5 heteroatoms. The third kappa shape index (κ3) is 6.08. The number of carbonyl (C=O) groups excluding carboxylic acids is 1. The van der Waals surface area contributed by atoms with Crippen LogP contribution in [0.1, 0.15) is 42.1 Å². The Kier molecular flexibility index (Phi) is 7.46. The highest BCUT2D eigenvalue weighted by molar-refractivity contribution is 6.05. The molecule has 0 aromatic heterocycles. The van der Waals surface area contributed by atoms with Crippen molar-refractivity contribution in [1.82, 2.24) is 10.2 Å². The zero-order valence-electron chi connectivity index (χ0n) is 16.8. The highest BCUT2D eigenvalue weighted by atomic mass is 16.1. The quantitative estimate of drug-likeness (QED) is 0.482. The van der Waals surface area contributed by atoms with Crippen molar-refractivity contribution in [3.63, 3.8) is 0 Å². The normalized spacial score (nSPS) is 15.5. The largest absolute Gasteiger partial charge is 0.397 e. The number of piperidine rings is 1. The van der Waals surface area contributed by atoms with Crippen molar-refractivity contribution in [3.05, 3.63) is 59.7 Å². The molecule has 1 amide bonds. The van der Waals surface area contributed by atoms with Crippen LogP contribution in [0.3, 0.4) is 0 Å². The van der Waals surface area contributed by atoms with Crippen molar-refractivity contribution >= 4 is 17.3 Å². The lowest BCUT2D eigenvalue weighted by Crippen LogP contribution is -2.34. The predicted molar refractivity (Wildman–Crippen MR) is 116 cm³/mol. The Labute approximate surface area is 168 Å². The number of benzene rings is 2. The minimum absolute atomic E-state index is 0.145. The van der Waals surface area contributed by atoms with Gasteiger partial charge in [-0.2, -0.15) is 0 Å². The minimum atomic E-state index is -0.145. The van der Waals surface area contributed by atoms with E-state index in [1.165, 1.54) is 44.5 Å². The molecule has 1 heterocycles. The van der Waals surface area contributed by atoms with Crippen LogP contribution in [0.2, 0.25) is 0 Å². The fraction of sp³-hybridized carbons (Fsp3) is 0.435. The lowest BCUT2D eigenvalue weighted by atomic mass is 9.99. The maximum Gasteiger partial charge on any atom is 0.255 e. The van der Waals surface area contributed by atoms with Gasteiger partial charge in [0.05, 0.1) is 11.4 Å². The number of rotatable bonds is 8. The molecule has 1 saturated heterocycles. The van der Waals surface area contributed by atoms with E-state index in [1.54, 1.807) is 12.1 Å². The molecule has 2 aromatic carbocycles. The summed E-state index contributed by atoms with van der Waals surface area (Å²) in [6.07, 6.45) is 3.85. The first-order valence-electron chi connectivity index (χ1n) is 10.3. The summed E-state index contributed by atoms with van der Waals surface area (Å²) >= 11 is 0. The molecule has 0 bridgehead atoms. The van der Waals surface area contributed by atoms with E-state index in [1.807, 2.05) is 36.4 Å². The number of hydrogen-bond donors (Lipinski definition) is 3. The number of likely N-dealkylation sites (tertiary alicyclic amines) is 1. The third-order valence-corrected chi connectivity index (χ3v) is 5.46. The molecule has 1 fully saturated rings. The molecule has 1 aliphatic rings. The van der Waals surface area contributed by atoms with Gasteiger partial charge in [0.25, 0.3) is 5.91 Å². The van der Waals surface area contributed by atoms with Crippen LogP contribution < -0.4 is 16.4 Å². The molecular weight excluding hydrogens is 348 g/mol. The lowest BCUT2D eigenvalue weighted by Gasteiger charge is -2.30. The average Bonchev–Trinajstić information content (AvgIpc) is 2.71. The van der Waals surface area contributed by atoms with Gasteiger partial charge in [-0.05, 0) is 81.2 Å². The molecule has 0 saturated carbocycles. The van der Waals surface area contributed by atoms with Crippen LogP contribution in [0, 0.1) is 5.92 Å². The molecule has 5 nitrogen and oxygen atoms in total. The van der Waals surface area contributed by atoms with E-state index < -0.39 is 0 Å². The number of nitrogen functional groups attached to an aromatic ring is 1. The van der Waals surface area contributed by atoms with E-state index in [2.05, 4.69) is 22.5 Å². The van der Waals surface area contributed by atoms with E-state index >= 15 is 0 Å². The van der Waals surface area contributed by atoms with Gasteiger partial charge in [-0.3, -0.25) is 4.79 Å². The molecule has 0 spiro atoms. The summed E-state index contributed by atoms with van der Waals surface area (Å²) in [7, 11) is 0. The maximum absolute atomic E-state index is 12.4. The summed E-state index contributed by atoms with van der Waals surface area (Å²) in [5.74, 6) is 0.748. The number of amides is 1. The van der Waals surface area contributed by atoms with Gasteiger partial charge in [0.15, 0.2) is 0 Å². The van der Waals surface area contributed by atoms with Crippen LogP contribution in [0.4, 0.5) is 11.4 Å². The summed E-state index contributed by atoms with van der Waals surface area (Å²) in [5, 5.41) is 6.36. The van der Waals surface area contributed by atoms with Gasteiger partial charge in [0.2, 0.25) is 0 Å². The monoisotopic (exact) mass is 380 g/mol. The number of hydrogen-bond acceptors (Lipinski definition) is 4. The minimum Gasteiger partial charge on any atom is -0.397 e. The first kappa shape index (κ1) is 20.4. The summed E-state index contributed by atoms with van der Waals surface area (Å²) in [6, 6.07) is 15.0. The van der Waals surface area contributed by atoms with E-state index in [0.29, 0.717) is 16.9 Å². The van der Waals surface area contributed by atoms with Crippen LogP contribution in [0.15, 0.2) is 48.5 Å². The molecule has 4 N–H and O–H groups in total. The Morgan fingerprint density at radius 3 is 2.54 bits per heavy atom. The number of anilines is 2. The van der Waals surface area contributed by atoms with E-state index in [9.17, 15) is 4.79 Å². The zero-order chi connectivity index (χ0) is 19.8. The van der Waals surface area contributed by atoms with E-state index in [-0.39, 0.29) is 5.91 Å². The number of carbonyl (C=O) groups is 1. The molecule has 2 aromatic rings. The maximum atomic E-state index is 12.4. The van der Waals surface area contributed by atoms with Crippen molar-refractivity contribution in [2.45, 2.75) is 32.7 Å². The fourth-order valence-electron chi connectivity index (χ4n) is 3.53. The number of nitrogens with zero attached hydrogens (tertiary/aromatic N) is 1. The van der Waals surface area contributed by atoms with Crippen LogP contribution >= 0.6 is 0 Å². The molecule has 0 atom stereocenters. The number of nitrogens with two attached hydrogens (primary N) is 1. The Bertz CT molecular complexity index is 751. The fourth-order valence-corrected chi connectivity index (χ4v) is 3.53. The number of nitrogens with one attached hydrogen (secondary N) is 2. The molecule has 1 aliphatic heterocycles. The van der Waals surface area contributed by atoms with Gasteiger partial charge < -0.3 is 21.3 Å². The first-order valence-corrected chi connectivity index (χ1v) is 10.3. The second-order valence-electron chi connectivity index (χ2n) is 7.79. The van der Waals surface area contributed by atoms with Gasteiger partial charge >= 0.3 is 0 Å². The molecule has 3 rings (SSSR count). The lowest BCUT2D eigenvalue weighted by molar-refractivity contribution is 0.102. The Morgan fingerprint density at radius 1 is 1.11 bits per heavy atom. The van der Waals surface area contributed by atoms with Crippen LogP contribution in [-0.2, 0) is 6.54 Å². The third-order valence-electron chi connectivity index (χ3n) is 5.46. The smallest absolute Gasteiger partial charge is 0.255 e. The first-order chi connectivity index (χ1) is 13.6. The summed E-state index contributed by atoms with van der Waals surface area (Å²) in [6.45, 7) is 7.87. The second-order valence-corrected chi connectivity index (χ2v) is 7.79. The Hall–Kier alpha value is -2.37. The molecule has 0 aliphatic carbocycles. The highest BCUT2D eigenvalue weighted by Gasteiger charge is 2.14. The van der Waals surface area contributed by atoms with Crippen molar-refractivity contribution in [3.8, 4) is 0 Å². The predicted octanol–water partition coefficient (Wildman–Crippen LogP) is 3.73. The van der Waals surface area contributed by atoms with Crippen LogP contribution in [-0.4, -0.2) is 37.0 Å². The van der Waals surface area contributed by atoms with Crippen LogP contribution in [0.5, 0.6) is 0 Å². The van der Waals surface area contributed by atoms with Gasteiger partial charge in [0.1, 0.15) is 0 Å². The van der Waals surface area contributed by atoms with Crippen molar-refractivity contribution in [2.75, 3.05) is 37.2 Å². The van der Waals surface area contributed by atoms with Crippen LogP contribution in [0.25, 0.3) is 0 Å². The highest BCUT2D eigenvalue weighted by Crippen LogP contribution is 2.18. The molecule has 0 unspecified atom stereocenters. The number of para-hydroxylation sites is 2. The molecule has 150 valence electrons. The standard InChI is InChI=1S/C23H32N4O/c1-18-11-15-27(16-12-18)14-4-13-25-17-19-7-9-20(10-8-19)23(28)26-22-6-3-2-5-21(22)24/h2-3,5-10,18,25H,4,11-17,24H2,1H3,(H,26,28). The molecule has 0 radical (unpaired) electrons. The summed E-state index contributed by atoms with van der Waals surface area (Å²) < 4.78 is 0. The van der Waals surface area contributed by atoms with E-state index in [4.69, 9.17) is 5.73 Å². The summed E-state index contributed by atoms with van der Waals surface area (Å²) in [4.78, 5) is 14.9. The van der Waals surface area contributed by atoms with E-state index in [0.717, 1.165) is 19.0 Å². The molecular formula is C23H32N4O. The Balaban J connectivity index is 1.37. The van der Waals surface area contributed by atoms with Gasteiger partial charge in [-0.1, -0.05) is 31.2 Å².